The Labute approximate surface area is 153 Å². The van der Waals surface area contributed by atoms with E-state index in [4.69, 9.17) is 11.6 Å². The van der Waals surface area contributed by atoms with Crippen molar-refractivity contribution in [3.63, 3.8) is 0 Å². The summed E-state index contributed by atoms with van der Waals surface area (Å²) < 4.78 is 1.43. The van der Waals surface area contributed by atoms with Crippen LogP contribution in [0.3, 0.4) is 0 Å². The number of aromatic amines is 1. The summed E-state index contributed by atoms with van der Waals surface area (Å²) >= 11 is 7.30. The van der Waals surface area contributed by atoms with E-state index in [1.165, 1.54) is 16.0 Å². The van der Waals surface area contributed by atoms with Crippen LogP contribution in [0.15, 0.2) is 34.4 Å². The van der Waals surface area contributed by atoms with Crippen molar-refractivity contribution >= 4 is 34.5 Å². The summed E-state index contributed by atoms with van der Waals surface area (Å²) in [5.74, 6) is -0.168. The summed E-state index contributed by atoms with van der Waals surface area (Å²) in [4.78, 5) is 29.0. The zero-order valence-corrected chi connectivity index (χ0v) is 15.4. The molecule has 6 nitrogen and oxygen atoms in total. The number of H-pyrrole nitrogens is 1. The van der Waals surface area contributed by atoms with E-state index in [9.17, 15) is 9.59 Å². The number of hydrogen-bond acceptors (Lipinski definition) is 4. The summed E-state index contributed by atoms with van der Waals surface area (Å²) in [6, 6.07) is 6.95. The Morgan fingerprint density at radius 2 is 2.20 bits per heavy atom. The van der Waals surface area contributed by atoms with E-state index in [-0.39, 0.29) is 17.9 Å². The van der Waals surface area contributed by atoms with Crippen molar-refractivity contribution in [1.82, 2.24) is 14.8 Å². The summed E-state index contributed by atoms with van der Waals surface area (Å²) in [6.45, 7) is 3.70. The average molecular weight is 377 g/mol. The lowest BCUT2D eigenvalue weighted by molar-refractivity contribution is -0.116. The Balaban J connectivity index is 1.70. The van der Waals surface area contributed by atoms with Gasteiger partial charge in [0.05, 0.1) is 5.69 Å². The molecule has 0 bridgehead atoms. The smallest absolute Gasteiger partial charge is 0.276 e. The van der Waals surface area contributed by atoms with Crippen LogP contribution in [-0.4, -0.2) is 20.7 Å². The second-order valence-electron chi connectivity index (χ2n) is 5.69. The molecule has 2 aromatic heterocycles. The maximum absolute atomic E-state index is 12.6. The number of rotatable bonds is 5. The number of thiazole rings is 1. The number of anilines is 1. The Morgan fingerprint density at radius 3 is 2.88 bits per heavy atom. The molecule has 130 valence electrons. The van der Waals surface area contributed by atoms with Crippen molar-refractivity contribution in [2.45, 2.75) is 26.7 Å². The molecule has 3 rings (SSSR count). The largest absolute Gasteiger partial charge is 0.326 e. The van der Waals surface area contributed by atoms with E-state index < -0.39 is 0 Å². The fourth-order valence-electron chi connectivity index (χ4n) is 2.48. The molecule has 2 heterocycles. The highest BCUT2D eigenvalue weighted by atomic mass is 35.5. The number of carbonyl (C=O) groups is 1. The monoisotopic (exact) mass is 376 g/mol. The Kier molecular flexibility index (Phi) is 5.06. The SMILES string of the molecule is Cc1csc(-n2[nH]c(C)c(CCC(=O)Nc3cccc(Cl)c3)c2=O)n1. The highest BCUT2D eigenvalue weighted by Crippen LogP contribution is 2.16. The molecule has 0 fully saturated rings. The van der Waals surface area contributed by atoms with Gasteiger partial charge in [0.25, 0.3) is 5.56 Å². The van der Waals surface area contributed by atoms with Crippen LogP contribution in [0.1, 0.15) is 23.4 Å². The van der Waals surface area contributed by atoms with Gasteiger partial charge in [-0.3, -0.25) is 14.7 Å². The standard InChI is InChI=1S/C17H17ClN4O2S/c1-10-9-25-17(19-10)22-16(24)14(11(2)21-22)6-7-15(23)20-13-5-3-4-12(18)8-13/h3-5,8-9,21H,6-7H2,1-2H3,(H,20,23). The molecule has 8 heteroatoms. The molecule has 0 aliphatic carbocycles. The van der Waals surface area contributed by atoms with Gasteiger partial charge in [0.2, 0.25) is 11.0 Å². The minimum atomic E-state index is -0.168. The van der Waals surface area contributed by atoms with Crippen LogP contribution in [-0.2, 0) is 11.2 Å². The number of nitrogens with one attached hydrogen (secondary N) is 2. The molecule has 0 saturated heterocycles. The second kappa shape index (κ2) is 7.25. The number of aryl methyl sites for hydroxylation is 2. The van der Waals surface area contributed by atoms with E-state index in [0.717, 1.165) is 11.4 Å². The number of amides is 1. The van der Waals surface area contributed by atoms with Crippen LogP contribution in [0.25, 0.3) is 5.13 Å². The normalized spacial score (nSPS) is 10.8. The summed E-state index contributed by atoms with van der Waals surface area (Å²) in [6.07, 6.45) is 0.558. The van der Waals surface area contributed by atoms with Crippen molar-refractivity contribution in [3.8, 4) is 5.13 Å². The highest BCUT2D eigenvalue weighted by molar-refractivity contribution is 7.12. The van der Waals surface area contributed by atoms with Crippen molar-refractivity contribution in [2.24, 2.45) is 0 Å². The Morgan fingerprint density at radius 1 is 1.40 bits per heavy atom. The third-order valence-electron chi connectivity index (χ3n) is 3.70. The second-order valence-corrected chi connectivity index (χ2v) is 6.96. The van der Waals surface area contributed by atoms with Crippen LogP contribution in [0, 0.1) is 13.8 Å². The first-order valence-electron chi connectivity index (χ1n) is 7.72. The third-order valence-corrected chi connectivity index (χ3v) is 4.88. The average Bonchev–Trinajstić information content (AvgIpc) is 3.09. The van der Waals surface area contributed by atoms with Gasteiger partial charge in [-0.25, -0.2) is 4.98 Å². The first-order chi connectivity index (χ1) is 11.9. The molecule has 0 unspecified atom stereocenters. The number of benzene rings is 1. The van der Waals surface area contributed by atoms with Crippen LogP contribution < -0.4 is 10.9 Å². The zero-order chi connectivity index (χ0) is 18.0. The molecule has 0 spiro atoms. The summed E-state index contributed by atoms with van der Waals surface area (Å²) in [7, 11) is 0. The van der Waals surface area contributed by atoms with Crippen molar-refractivity contribution < 1.29 is 4.79 Å². The van der Waals surface area contributed by atoms with E-state index in [0.29, 0.717) is 27.8 Å². The zero-order valence-electron chi connectivity index (χ0n) is 13.8. The van der Waals surface area contributed by atoms with Crippen molar-refractivity contribution in [1.29, 1.82) is 0 Å². The van der Waals surface area contributed by atoms with Gasteiger partial charge in [-0.15, -0.1) is 11.3 Å². The number of aromatic nitrogens is 3. The number of hydrogen-bond donors (Lipinski definition) is 2. The van der Waals surface area contributed by atoms with E-state index in [1.807, 2.05) is 19.2 Å². The van der Waals surface area contributed by atoms with Crippen LogP contribution in [0.4, 0.5) is 5.69 Å². The van der Waals surface area contributed by atoms with Crippen LogP contribution >= 0.6 is 22.9 Å². The van der Waals surface area contributed by atoms with Crippen molar-refractivity contribution in [3.05, 3.63) is 62.0 Å². The third kappa shape index (κ3) is 4.00. The quantitative estimate of drug-likeness (QED) is 0.715. The summed E-state index contributed by atoms with van der Waals surface area (Å²) in [5, 5.41) is 8.85. The molecule has 2 N–H and O–H groups in total. The fourth-order valence-corrected chi connectivity index (χ4v) is 3.43. The van der Waals surface area contributed by atoms with E-state index >= 15 is 0 Å². The lowest BCUT2D eigenvalue weighted by Gasteiger charge is -2.05. The molecule has 25 heavy (non-hydrogen) atoms. The minimum Gasteiger partial charge on any atom is -0.326 e. The predicted octanol–water partition coefficient (Wildman–Crippen LogP) is 3.46. The first-order valence-corrected chi connectivity index (χ1v) is 8.98. The predicted molar refractivity (Wildman–Crippen MR) is 99.9 cm³/mol. The fraction of sp³-hybridized carbons (Fsp3) is 0.235. The van der Waals surface area contributed by atoms with Crippen LogP contribution in [0.2, 0.25) is 5.02 Å². The lowest BCUT2D eigenvalue weighted by Crippen LogP contribution is -2.19. The molecule has 0 aliphatic heterocycles. The van der Waals surface area contributed by atoms with Gasteiger partial charge in [0, 0.05) is 33.8 Å². The van der Waals surface area contributed by atoms with Crippen molar-refractivity contribution in [2.75, 3.05) is 5.32 Å². The van der Waals surface area contributed by atoms with Gasteiger partial charge in [0.1, 0.15) is 0 Å². The molecule has 3 aromatic rings. The molecule has 0 atom stereocenters. The van der Waals surface area contributed by atoms with E-state index in [2.05, 4.69) is 15.4 Å². The van der Waals surface area contributed by atoms with Gasteiger partial charge < -0.3 is 5.32 Å². The van der Waals surface area contributed by atoms with Crippen LogP contribution in [0.5, 0.6) is 0 Å². The molecule has 0 radical (unpaired) electrons. The lowest BCUT2D eigenvalue weighted by atomic mass is 10.1. The highest BCUT2D eigenvalue weighted by Gasteiger charge is 2.15. The Hall–Kier alpha value is -2.38. The Bertz CT molecular complexity index is 973. The minimum absolute atomic E-state index is 0.164. The maximum Gasteiger partial charge on any atom is 0.276 e. The number of nitrogens with zero attached hydrogens (tertiary/aromatic N) is 2. The van der Waals surface area contributed by atoms with Gasteiger partial charge in [-0.1, -0.05) is 17.7 Å². The molecule has 1 aromatic carbocycles. The molecule has 1 amide bonds. The molecule has 0 aliphatic rings. The maximum atomic E-state index is 12.6. The van der Waals surface area contributed by atoms with Gasteiger partial charge in [-0.2, -0.15) is 4.68 Å². The van der Waals surface area contributed by atoms with Gasteiger partial charge >= 0.3 is 0 Å². The topological polar surface area (TPSA) is 79.8 Å². The van der Waals surface area contributed by atoms with Gasteiger partial charge in [0.15, 0.2) is 0 Å². The number of halogens is 1. The summed E-state index contributed by atoms with van der Waals surface area (Å²) in [5.41, 5.74) is 2.67. The molecular formula is C17H17ClN4O2S. The number of carbonyl (C=O) groups excluding carboxylic acids is 1. The molecule has 0 saturated carbocycles. The molecular weight excluding hydrogens is 360 g/mol. The van der Waals surface area contributed by atoms with Gasteiger partial charge in [-0.05, 0) is 38.5 Å². The van der Waals surface area contributed by atoms with E-state index in [1.54, 1.807) is 24.3 Å². The first kappa shape index (κ1) is 17.4.